The van der Waals surface area contributed by atoms with Gasteiger partial charge in [0.25, 0.3) is 0 Å². The number of carbonyl (C=O) groups is 3. The van der Waals surface area contributed by atoms with E-state index < -0.39 is 29.4 Å². The minimum Gasteiger partial charge on any atom is -0.462 e. The van der Waals surface area contributed by atoms with Crippen molar-refractivity contribution in [3.8, 4) is 0 Å². The van der Waals surface area contributed by atoms with Crippen LogP contribution in [0, 0.1) is 11.8 Å². The Hall–Kier alpha value is -2.99. The average Bonchev–Trinajstić information content (AvgIpc) is 3.16. The molecule has 3 heterocycles. The number of amides is 2. The lowest BCUT2D eigenvalue weighted by molar-refractivity contribution is -0.170. The van der Waals surface area contributed by atoms with Gasteiger partial charge in [0.05, 0.1) is 23.4 Å². The smallest absolute Gasteiger partial charge is 0.324 e. The van der Waals surface area contributed by atoms with Crippen molar-refractivity contribution in [3.05, 3.63) is 71.8 Å². The van der Waals surface area contributed by atoms with E-state index in [4.69, 9.17) is 4.74 Å². The first-order chi connectivity index (χ1) is 14.0. The van der Waals surface area contributed by atoms with Gasteiger partial charge in [0.2, 0.25) is 11.8 Å². The second kappa shape index (κ2) is 6.26. The minimum absolute atomic E-state index is 0.194. The summed E-state index contributed by atoms with van der Waals surface area (Å²) < 4.78 is 5.55. The van der Waals surface area contributed by atoms with Gasteiger partial charge in [0.15, 0.2) is 0 Å². The Morgan fingerprint density at radius 3 is 2.21 bits per heavy atom. The predicted octanol–water partition coefficient (Wildman–Crippen LogP) is 2.12. The molecule has 0 bridgehead atoms. The quantitative estimate of drug-likeness (QED) is 0.580. The Balaban J connectivity index is 1.75. The number of esters is 1. The van der Waals surface area contributed by atoms with Crippen LogP contribution in [0.4, 0.5) is 0 Å². The van der Waals surface area contributed by atoms with Gasteiger partial charge in [-0.05, 0) is 18.1 Å². The molecule has 3 aliphatic rings. The van der Waals surface area contributed by atoms with Gasteiger partial charge in [-0.15, -0.1) is 0 Å². The highest BCUT2D eigenvalue weighted by atomic mass is 16.5. The summed E-state index contributed by atoms with van der Waals surface area (Å²) in [6.45, 7) is 2.18. The first kappa shape index (κ1) is 18.1. The molecule has 5 atom stereocenters. The SMILES string of the molecule is CN1C(=O)[C@H]2[C@H]3C(=O)OC[C@H](c4ccccc4)N3[C@](C)(c3ccccc3)[C@H]2C1=O. The van der Waals surface area contributed by atoms with E-state index in [1.54, 1.807) is 0 Å². The molecule has 0 spiro atoms. The van der Waals surface area contributed by atoms with E-state index in [2.05, 4.69) is 4.90 Å². The standard InChI is InChI=1S/C23H22N2O4/c1-23(15-11-7-4-8-12-15)18-17(20(26)24(2)21(18)27)19-22(28)29-13-16(25(19)23)14-9-5-3-6-10-14/h3-12,16-19H,13H2,1-2H3/t16-,17-,18-,19+,23-/m1/s1. The zero-order valence-electron chi connectivity index (χ0n) is 16.3. The van der Waals surface area contributed by atoms with Crippen molar-refractivity contribution in [2.45, 2.75) is 24.5 Å². The maximum atomic E-state index is 13.2. The van der Waals surface area contributed by atoms with Crippen LogP contribution in [0.15, 0.2) is 60.7 Å². The van der Waals surface area contributed by atoms with Crippen LogP contribution in [0.1, 0.15) is 24.1 Å². The van der Waals surface area contributed by atoms with Crippen LogP contribution in [-0.2, 0) is 24.7 Å². The van der Waals surface area contributed by atoms with Crippen molar-refractivity contribution >= 4 is 17.8 Å². The zero-order valence-corrected chi connectivity index (χ0v) is 16.3. The van der Waals surface area contributed by atoms with Gasteiger partial charge in [-0.2, -0.15) is 0 Å². The fourth-order valence-electron chi connectivity index (χ4n) is 5.51. The Labute approximate surface area is 169 Å². The largest absolute Gasteiger partial charge is 0.462 e. The van der Waals surface area contributed by atoms with Gasteiger partial charge in [0, 0.05) is 7.05 Å². The molecule has 29 heavy (non-hydrogen) atoms. The second-order valence-electron chi connectivity index (χ2n) is 8.16. The van der Waals surface area contributed by atoms with Gasteiger partial charge in [-0.25, -0.2) is 0 Å². The summed E-state index contributed by atoms with van der Waals surface area (Å²) in [4.78, 5) is 42.4. The third kappa shape index (κ3) is 2.29. The van der Waals surface area contributed by atoms with E-state index >= 15 is 0 Å². The number of fused-ring (bicyclic) bond motifs is 3. The minimum atomic E-state index is -0.811. The summed E-state index contributed by atoms with van der Waals surface area (Å²) in [5.74, 6) is -2.34. The molecule has 6 heteroatoms. The van der Waals surface area contributed by atoms with Crippen LogP contribution in [0.3, 0.4) is 0 Å². The molecule has 148 valence electrons. The van der Waals surface area contributed by atoms with E-state index in [1.807, 2.05) is 67.6 Å². The van der Waals surface area contributed by atoms with Crippen molar-refractivity contribution < 1.29 is 19.1 Å². The average molecular weight is 390 g/mol. The summed E-state index contributed by atoms with van der Waals surface area (Å²) in [5.41, 5.74) is 1.11. The monoisotopic (exact) mass is 390 g/mol. The molecule has 0 aliphatic carbocycles. The van der Waals surface area contributed by atoms with Crippen molar-refractivity contribution in [1.82, 2.24) is 9.80 Å². The maximum absolute atomic E-state index is 13.2. The second-order valence-corrected chi connectivity index (χ2v) is 8.16. The molecule has 0 unspecified atom stereocenters. The third-order valence-electron chi connectivity index (χ3n) is 6.86. The number of imide groups is 1. The number of benzene rings is 2. The summed E-state index contributed by atoms with van der Waals surface area (Å²) in [5, 5.41) is 0. The maximum Gasteiger partial charge on any atom is 0.324 e. The lowest BCUT2D eigenvalue weighted by Gasteiger charge is -2.47. The number of morpholine rings is 1. The highest BCUT2D eigenvalue weighted by Crippen LogP contribution is 2.57. The molecular formula is C23H22N2O4. The number of rotatable bonds is 2. The van der Waals surface area contributed by atoms with Gasteiger partial charge in [0.1, 0.15) is 12.6 Å². The number of cyclic esters (lactones) is 1. The number of likely N-dealkylation sites (tertiary alicyclic amines) is 1. The van der Waals surface area contributed by atoms with Crippen LogP contribution < -0.4 is 0 Å². The summed E-state index contributed by atoms with van der Waals surface area (Å²) in [6.07, 6.45) is 0. The Kier molecular flexibility index (Phi) is 3.90. The Morgan fingerprint density at radius 1 is 0.931 bits per heavy atom. The first-order valence-corrected chi connectivity index (χ1v) is 9.83. The normalized spacial score (nSPS) is 34.1. The molecule has 3 saturated heterocycles. The molecule has 0 N–H and O–H groups in total. The van der Waals surface area contributed by atoms with E-state index in [9.17, 15) is 14.4 Å². The van der Waals surface area contributed by atoms with Crippen LogP contribution in [0.25, 0.3) is 0 Å². The van der Waals surface area contributed by atoms with Crippen LogP contribution >= 0.6 is 0 Å². The molecule has 0 saturated carbocycles. The van der Waals surface area contributed by atoms with Crippen molar-refractivity contribution in [2.24, 2.45) is 11.8 Å². The van der Waals surface area contributed by atoms with Gasteiger partial charge in [-0.1, -0.05) is 60.7 Å². The lowest BCUT2D eigenvalue weighted by atomic mass is 9.76. The molecule has 2 aromatic carbocycles. The van der Waals surface area contributed by atoms with Crippen LogP contribution in [-0.4, -0.2) is 47.3 Å². The summed E-state index contributed by atoms with van der Waals surface area (Å²) in [6, 6.07) is 18.5. The predicted molar refractivity (Wildman–Crippen MR) is 104 cm³/mol. The fraction of sp³-hybridized carbons (Fsp3) is 0.348. The number of ether oxygens (including phenoxy) is 1. The molecule has 0 radical (unpaired) electrons. The van der Waals surface area contributed by atoms with Gasteiger partial charge in [-0.3, -0.25) is 24.2 Å². The highest BCUT2D eigenvalue weighted by molar-refractivity contribution is 6.08. The van der Waals surface area contributed by atoms with Crippen molar-refractivity contribution in [3.63, 3.8) is 0 Å². The van der Waals surface area contributed by atoms with Crippen molar-refractivity contribution in [1.29, 1.82) is 0 Å². The van der Waals surface area contributed by atoms with E-state index in [0.717, 1.165) is 11.1 Å². The van der Waals surface area contributed by atoms with E-state index in [-0.39, 0.29) is 24.5 Å². The molecule has 5 rings (SSSR count). The zero-order chi connectivity index (χ0) is 20.3. The van der Waals surface area contributed by atoms with Gasteiger partial charge >= 0.3 is 5.97 Å². The molecular weight excluding hydrogens is 368 g/mol. The molecule has 6 nitrogen and oxygen atoms in total. The highest BCUT2D eigenvalue weighted by Gasteiger charge is 2.71. The number of nitrogens with zero attached hydrogens (tertiary/aromatic N) is 2. The van der Waals surface area contributed by atoms with Crippen molar-refractivity contribution in [2.75, 3.05) is 13.7 Å². The lowest BCUT2D eigenvalue weighted by Crippen LogP contribution is -2.57. The van der Waals surface area contributed by atoms with Gasteiger partial charge < -0.3 is 4.74 Å². The fourth-order valence-corrected chi connectivity index (χ4v) is 5.51. The molecule has 3 aliphatic heterocycles. The number of hydrogen-bond donors (Lipinski definition) is 0. The number of carbonyl (C=O) groups excluding carboxylic acids is 3. The number of hydrogen-bond acceptors (Lipinski definition) is 5. The van der Waals surface area contributed by atoms with E-state index in [0.29, 0.717) is 0 Å². The molecule has 2 amide bonds. The molecule has 2 aromatic rings. The van der Waals surface area contributed by atoms with E-state index in [1.165, 1.54) is 11.9 Å². The van der Waals surface area contributed by atoms with Crippen LogP contribution in [0.2, 0.25) is 0 Å². The summed E-state index contributed by atoms with van der Waals surface area (Å²) >= 11 is 0. The molecule has 3 fully saturated rings. The van der Waals surface area contributed by atoms with Crippen LogP contribution in [0.5, 0.6) is 0 Å². The third-order valence-corrected chi connectivity index (χ3v) is 6.86. The molecule has 0 aromatic heterocycles. The topological polar surface area (TPSA) is 66.9 Å². The Morgan fingerprint density at radius 2 is 1.55 bits per heavy atom. The Bertz CT molecular complexity index is 992. The summed E-state index contributed by atoms with van der Waals surface area (Å²) in [7, 11) is 1.50. The first-order valence-electron chi connectivity index (χ1n) is 9.83.